The number of ether oxygens (including phenoxy) is 3. The molecule has 6 rings (SSSR count). The van der Waals surface area contributed by atoms with Crippen molar-refractivity contribution in [2.45, 2.75) is 51.4 Å². The SMILES string of the molecule is COC(=O)[C@@H]1C[C@@H](Oc2cc(-c3cnn(C)c3)cc3ncnc(Nc4ccc5ncsc5c4)c23)CCN1C(=O)OC(C)(C)C. The van der Waals surface area contributed by atoms with Gasteiger partial charge in [-0.15, -0.1) is 11.3 Å². The van der Waals surface area contributed by atoms with Crippen LogP contribution in [0.1, 0.15) is 33.6 Å². The Morgan fingerprint density at radius 1 is 1.07 bits per heavy atom. The maximum absolute atomic E-state index is 13.0. The van der Waals surface area contributed by atoms with Crippen molar-refractivity contribution in [2.75, 3.05) is 19.0 Å². The van der Waals surface area contributed by atoms with E-state index in [4.69, 9.17) is 14.2 Å². The number of thiazole rings is 1. The third kappa shape index (κ3) is 6.13. The molecule has 3 aromatic heterocycles. The maximum atomic E-state index is 13.0. The molecule has 5 aromatic rings. The van der Waals surface area contributed by atoms with E-state index in [1.54, 1.807) is 43.0 Å². The van der Waals surface area contributed by atoms with E-state index >= 15 is 0 Å². The van der Waals surface area contributed by atoms with Crippen molar-refractivity contribution >= 4 is 56.0 Å². The van der Waals surface area contributed by atoms with Crippen LogP contribution in [0, 0.1) is 0 Å². The normalized spacial score (nSPS) is 17.1. The molecule has 1 fully saturated rings. The minimum atomic E-state index is -0.860. The largest absolute Gasteiger partial charge is 0.489 e. The molecule has 44 heavy (non-hydrogen) atoms. The summed E-state index contributed by atoms with van der Waals surface area (Å²) >= 11 is 1.56. The van der Waals surface area contributed by atoms with Crippen molar-refractivity contribution in [1.29, 1.82) is 0 Å². The van der Waals surface area contributed by atoms with Crippen LogP contribution < -0.4 is 10.1 Å². The molecule has 0 unspecified atom stereocenters. The fourth-order valence-corrected chi connectivity index (χ4v) is 5.98. The van der Waals surface area contributed by atoms with Crippen molar-refractivity contribution < 1.29 is 23.8 Å². The molecule has 13 heteroatoms. The first-order valence-corrected chi connectivity index (χ1v) is 15.1. The number of methoxy groups -OCH3 is 1. The second kappa shape index (κ2) is 11.7. The van der Waals surface area contributed by atoms with Crippen LogP contribution in [0.5, 0.6) is 5.75 Å². The van der Waals surface area contributed by atoms with Crippen LogP contribution in [0.3, 0.4) is 0 Å². The van der Waals surface area contributed by atoms with Crippen molar-refractivity contribution in [1.82, 2.24) is 29.6 Å². The van der Waals surface area contributed by atoms with Gasteiger partial charge in [0.05, 0.1) is 39.9 Å². The molecule has 228 valence electrons. The number of nitrogens with zero attached hydrogens (tertiary/aromatic N) is 6. The van der Waals surface area contributed by atoms with Crippen molar-refractivity contribution in [3.63, 3.8) is 0 Å². The number of rotatable bonds is 6. The van der Waals surface area contributed by atoms with Gasteiger partial charge in [0, 0.05) is 43.9 Å². The van der Waals surface area contributed by atoms with Gasteiger partial charge in [0.2, 0.25) is 0 Å². The molecule has 1 saturated heterocycles. The number of aryl methyl sites for hydroxylation is 1. The smallest absolute Gasteiger partial charge is 0.411 e. The summed E-state index contributed by atoms with van der Waals surface area (Å²) in [6.45, 7) is 5.63. The first kappa shape index (κ1) is 29.3. The van der Waals surface area contributed by atoms with Gasteiger partial charge >= 0.3 is 12.1 Å². The van der Waals surface area contributed by atoms with E-state index in [0.717, 1.165) is 27.0 Å². The highest BCUT2D eigenvalue weighted by atomic mass is 32.1. The van der Waals surface area contributed by atoms with Gasteiger partial charge in [-0.25, -0.2) is 24.5 Å². The zero-order chi connectivity index (χ0) is 31.0. The van der Waals surface area contributed by atoms with Gasteiger partial charge < -0.3 is 19.5 Å². The Hall–Kier alpha value is -4.78. The van der Waals surface area contributed by atoms with E-state index in [1.807, 2.05) is 49.1 Å². The molecule has 0 radical (unpaired) electrons. The molecule has 1 aliphatic heterocycles. The van der Waals surface area contributed by atoms with E-state index in [2.05, 4.69) is 25.4 Å². The summed E-state index contributed by atoms with van der Waals surface area (Å²) in [4.78, 5) is 40.8. The summed E-state index contributed by atoms with van der Waals surface area (Å²) in [5.41, 5.74) is 5.33. The third-order valence-corrected chi connectivity index (χ3v) is 8.08. The Morgan fingerprint density at radius 3 is 2.66 bits per heavy atom. The molecule has 1 amide bonds. The molecule has 0 saturated carbocycles. The van der Waals surface area contributed by atoms with Crippen LogP contribution in [0.15, 0.2) is 54.6 Å². The molecule has 0 spiro atoms. The maximum Gasteiger partial charge on any atom is 0.411 e. The minimum Gasteiger partial charge on any atom is -0.489 e. The first-order valence-electron chi connectivity index (χ1n) is 14.2. The summed E-state index contributed by atoms with van der Waals surface area (Å²) in [5.74, 6) is 0.590. The first-order chi connectivity index (χ1) is 21.1. The predicted molar refractivity (Wildman–Crippen MR) is 167 cm³/mol. The van der Waals surface area contributed by atoms with Crippen molar-refractivity contribution in [3.8, 4) is 16.9 Å². The Kier molecular flexibility index (Phi) is 7.80. The quantitative estimate of drug-likeness (QED) is 0.237. The van der Waals surface area contributed by atoms with Crippen molar-refractivity contribution in [3.05, 3.63) is 54.6 Å². The number of likely N-dealkylation sites (tertiary alicyclic amines) is 1. The summed E-state index contributed by atoms with van der Waals surface area (Å²) in [6, 6.07) is 8.99. The van der Waals surface area contributed by atoms with Gasteiger partial charge in [-0.1, -0.05) is 0 Å². The number of carbonyl (C=O) groups is 2. The highest BCUT2D eigenvalue weighted by molar-refractivity contribution is 7.16. The van der Waals surface area contributed by atoms with Gasteiger partial charge in [0.25, 0.3) is 0 Å². The van der Waals surface area contributed by atoms with Crippen LogP contribution in [-0.2, 0) is 21.3 Å². The van der Waals surface area contributed by atoms with E-state index in [-0.39, 0.29) is 13.0 Å². The van der Waals surface area contributed by atoms with E-state index in [9.17, 15) is 9.59 Å². The van der Waals surface area contributed by atoms with E-state index < -0.39 is 29.8 Å². The molecule has 0 aliphatic carbocycles. The summed E-state index contributed by atoms with van der Waals surface area (Å²) in [5, 5.41) is 8.45. The fourth-order valence-electron chi connectivity index (χ4n) is 5.27. The van der Waals surface area contributed by atoms with Gasteiger partial charge in [-0.2, -0.15) is 5.10 Å². The monoisotopic (exact) mass is 615 g/mol. The van der Waals surface area contributed by atoms with Gasteiger partial charge in [-0.05, 0) is 56.7 Å². The lowest BCUT2D eigenvalue weighted by Gasteiger charge is -2.38. The number of piperidine rings is 1. The fraction of sp³-hybridized carbons (Fsp3) is 0.355. The second-order valence-electron chi connectivity index (χ2n) is 11.6. The lowest BCUT2D eigenvalue weighted by Crippen LogP contribution is -2.53. The number of esters is 1. The Labute approximate surface area is 258 Å². The number of benzene rings is 2. The van der Waals surface area contributed by atoms with Crippen LogP contribution in [0.2, 0.25) is 0 Å². The standard InChI is InChI=1S/C31H33N7O5S/c1-31(2,3)43-30(40)38-9-8-21(13-24(38)29(39)41-5)42-25-11-18(19-14-35-37(4)15-19)10-23-27(25)28(33-16-32-23)36-20-6-7-22-26(12-20)44-17-34-22/h6-7,10-12,14-17,21,24H,8-9,13H2,1-5H3,(H,32,33,36)/t21-,24-/m0/s1. The van der Waals surface area contributed by atoms with Gasteiger partial charge in [0.1, 0.15) is 35.6 Å². The van der Waals surface area contributed by atoms with Crippen LogP contribution in [0.25, 0.3) is 32.2 Å². The molecule has 2 atom stereocenters. The van der Waals surface area contributed by atoms with E-state index in [1.165, 1.54) is 18.3 Å². The molecule has 1 aliphatic rings. The summed E-state index contributed by atoms with van der Waals surface area (Å²) in [7, 11) is 3.17. The Bertz CT molecular complexity index is 1850. The number of amides is 1. The van der Waals surface area contributed by atoms with Crippen LogP contribution in [-0.4, -0.2) is 73.1 Å². The lowest BCUT2D eigenvalue weighted by molar-refractivity contribution is -0.149. The molecule has 0 bridgehead atoms. The summed E-state index contributed by atoms with van der Waals surface area (Å²) in [6.07, 6.45) is 4.94. The van der Waals surface area contributed by atoms with E-state index in [0.29, 0.717) is 28.9 Å². The van der Waals surface area contributed by atoms with Gasteiger partial charge in [-0.3, -0.25) is 9.58 Å². The molecular weight excluding hydrogens is 582 g/mol. The number of carbonyl (C=O) groups excluding carboxylic acids is 2. The van der Waals surface area contributed by atoms with Crippen LogP contribution in [0.4, 0.5) is 16.3 Å². The predicted octanol–water partition coefficient (Wildman–Crippen LogP) is 5.70. The zero-order valence-electron chi connectivity index (χ0n) is 25.1. The Balaban J connectivity index is 1.37. The minimum absolute atomic E-state index is 0.225. The highest BCUT2D eigenvalue weighted by Gasteiger charge is 2.40. The molecular formula is C31H33N7O5S. The highest BCUT2D eigenvalue weighted by Crippen LogP contribution is 2.38. The number of aromatic nitrogens is 5. The zero-order valence-corrected chi connectivity index (χ0v) is 25.9. The second-order valence-corrected chi connectivity index (χ2v) is 12.5. The number of nitrogens with one attached hydrogen (secondary N) is 1. The van der Waals surface area contributed by atoms with Crippen LogP contribution >= 0.6 is 11.3 Å². The number of fused-ring (bicyclic) bond motifs is 2. The topological polar surface area (TPSA) is 134 Å². The molecule has 12 nitrogen and oxygen atoms in total. The average Bonchev–Trinajstić information content (AvgIpc) is 3.64. The van der Waals surface area contributed by atoms with Crippen molar-refractivity contribution in [2.24, 2.45) is 7.05 Å². The number of hydrogen-bond donors (Lipinski definition) is 1. The lowest BCUT2D eigenvalue weighted by atomic mass is 9.99. The molecule has 1 N–H and O–H groups in total. The van der Waals surface area contributed by atoms with Gasteiger partial charge in [0.15, 0.2) is 0 Å². The summed E-state index contributed by atoms with van der Waals surface area (Å²) < 4.78 is 20.1. The number of anilines is 2. The number of hydrogen-bond acceptors (Lipinski definition) is 11. The molecule has 4 heterocycles. The Morgan fingerprint density at radius 2 is 1.91 bits per heavy atom. The molecule has 2 aromatic carbocycles. The average molecular weight is 616 g/mol. The third-order valence-electron chi connectivity index (χ3n) is 7.28.